The topological polar surface area (TPSA) is 96.5 Å². The Morgan fingerprint density at radius 2 is 2.23 bits per heavy atom. The zero-order valence-corrected chi connectivity index (χ0v) is 14.5. The van der Waals surface area contributed by atoms with Gasteiger partial charge >= 0.3 is 12.0 Å². The number of halogens is 1. The maximum Gasteiger partial charge on any atom is 0.341 e. The molecule has 3 N–H and O–H groups in total. The lowest BCUT2D eigenvalue weighted by molar-refractivity contribution is -0.120. The van der Waals surface area contributed by atoms with Gasteiger partial charge in [0.05, 0.1) is 16.0 Å². The van der Waals surface area contributed by atoms with E-state index in [1.807, 2.05) is 0 Å². The van der Waals surface area contributed by atoms with E-state index < -0.39 is 18.0 Å². The molecule has 1 unspecified atom stereocenters. The third kappa shape index (κ3) is 3.58. The molecular formula is C13H16BrN3O4S. The van der Waals surface area contributed by atoms with Gasteiger partial charge in [0.25, 0.3) is 0 Å². The van der Waals surface area contributed by atoms with Gasteiger partial charge in [0.15, 0.2) is 0 Å². The van der Waals surface area contributed by atoms with Gasteiger partial charge in [-0.1, -0.05) is 0 Å². The molecule has 7 nitrogen and oxygen atoms in total. The van der Waals surface area contributed by atoms with Crippen LogP contribution in [0.2, 0.25) is 0 Å². The monoisotopic (exact) mass is 389 g/mol. The van der Waals surface area contributed by atoms with E-state index in [0.717, 1.165) is 3.79 Å². The lowest BCUT2D eigenvalue weighted by Crippen LogP contribution is -2.42. The number of ether oxygens (including phenoxy) is 1. The molecule has 0 spiro atoms. The second-order valence-corrected chi connectivity index (χ2v) is 6.99. The molecule has 22 heavy (non-hydrogen) atoms. The van der Waals surface area contributed by atoms with Crippen molar-refractivity contribution in [2.75, 3.05) is 18.5 Å². The third-order valence-corrected chi connectivity index (χ3v) is 5.23. The molecule has 0 aliphatic carbocycles. The number of carbonyl (C=O) groups excluding carboxylic acids is 3. The van der Waals surface area contributed by atoms with Crippen molar-refractivity contribution < 1.29 is 19.1 Å². The van der Waals surface area contributed by atoms with Crippen molar-refractivity contribution in [2.45, 2.75) is 26.3 Å². The number of amides is 3. The van der Waals surface area contributed by atoms with Crippen molar-refractivity contribution in [3.05, 3.63) is 14.9 Å². The molecule has 0 radical (unpaired) electrons. The Balaban J connectivity index is 2.11. The molecule has 2 heterocycles. The maximum atomic E-state index is 12.0. The standard InChI is InChI=1S/C13H16BrN3O4S/c1-3-21-12(19)8-6(2)9(14)22-11(8)17-13(20)16-7-4-5-15-10(7)18/h7H,3-5H2,1-2H3,(H,15,18)(H2,16,17,20). The molecule has 1 aliphatic rings. The zero-order chi connectivity index (χ0) is 16.3. The summed E-state index contributed by atoms with van der Waals surface area (Å²) in [4.78, 5) is 35.5. The van der Waals surface area contributed by atoms with Crippen molar-refractivity contribution >= 4 is 50.2 Å². The number of rotatable bonds is 4. The summed E-state index contributed by atoms with van der Waals surface area (Å²) in [5, 5.41) is 8.22. The lowest BCUT2D eigenvalue weighted by atomic mass is 10.2. The Kier molecular flexibility index (Phi) is 5.41. The summed E-state index contributed by atoms with van der Waals surface area (Å²) >= 11 is 4.57. The van der Waals surface area contributed by atoms with Crippen LogP contribution in [0.3, 0.4) is 0 Å². The first-order chi connectivity index (χ1) is 10.4. The smallest absolute Gasteiger partial charge is 0.341 e. The first kappa shape index (κ1) is 16.8. The second kappa shape index (κ2) is 7.10. The fourth-order valence-electron chi connectivity index (χ4n) is 2.05. The van der Waals surface area contributed by atoms with Crippen LogP contribution >= 0.6 is 27.3 Å². The molecule has 3 amide bonds. The summed E-state index contributed by atoms with van der Waals surface area (Å²) in [6.07, 6.45) is 0.546. The van der Waals surface area contributed by atoms with E-state index in [1.54, 1.807) is 13.8 Å². The van der Waals surface area contributed by atoms with Gasteiger partial charge in [0.2, 0.25) is 5.91 Å². The quantitative estimate of drug-likeness (QED) is 0.686. The first-order valence-electron chi connectivity index (χ1n) is 6.75. The minimum Gasteiger partial charge on any atom is -0.462 e. The summed E-state index contributed by atoms with van der Waals surface area (Å²) in [6.45, 7) is 4.27. The van der Waals surface area contributed by atoms with Crippen LogP contribution in [0.25, 0.3) is 0 Å². The lowest BCUT2D eigenvalue weighted by Gasteiger charge is -2.11. The van der Waals surface area contributed by atoms with Gasteiger partial charge in [-0.15, -0.1) is 11.3 Å². The summed E-state index contributed by atoms with van der Waals surface area (Å²) < 4.78 is 5.75. The number of urea groups is 1. The molecule has 120 valence electrons. The molecule has 0 bridgehead atoms. The van der Waals surface area contributed by atoms with Crippen LogP contribution in [0, 0.1) is 6.92 Å². The van der Waals surface area contributed by atoms with E-state index in [2.05, 4.69) is 31.9 Å². The number of hydrogen-bond acceptors (Lipinski definition) is 5. The molecule has 1 aliphatic heterocycles. The highest BCUT2D eigenvalue weighted by atomic mass is 79.9. The largest absolute Gasteiger partial charge is 0.462 e. The Labute approximate surface area is 139 Å². The predicted octanol–water partition coefficient (Wildman–Crippen LogP) is 2.01. The highest BCUT2D eigenvalue weighted by Crippen LogP contribution is 2.37. The van der Waals surface area contributed by atoms with Gasteiger partial charge in [-0.3, -0.25) is 10.1 Å². The third-order valence-electron chi connectivity index (χ3n) is 3.15. The van der Waals surface area contributed by atoms with Gasteiger partial charge < -0.3 is 15.4 Å². The fourth-order valence-corrected chi connectivity index (χ4v) is 3.65. The molecule has 1 aromatic rings. The van der Waals surface area contributed by atoms with Crippen LogP contribution in [0.4, 0.5) is 9.80 Å². The van der Waals surface area contributed by atoms with E-state index in [4.69, 9.17) is 4.74 Å². The normalized spacial score (nSPS) is 17.0. The van der Waals surface area contributed by atoms with Crippen LogP contribution < -0.4 is 16.0 Å². The van der Waals surface area contributed by atoms with Crippen molar-refractivity contribution in [2.24, 2.45) is 0 Å². The zero-order valence-electron chi connectivity index (χ0n) is 12.1. The Morgan fingerprint density at radius 1 is 1.50 bits per heavy atom. The summed E-state index contributed by atoms with van der Waals surface area (Å²) in [6, 6.07) is -1.07. The molecule has 0 saturated carbocycles. The summed E-state index contributed by atoms with van der Waals surface area (Å²) in [7, 11) is 0. The Morgan fingerprint density at radius 3 is 2.82 bits per heavy atom. The van der Waals surface area contributed by atoms with E-state index >= 15 is 0 Å². The number of nitrogens with one attached hydrogen (secondary N) is 3. The predicted molar refractivity (Wildman–Crippen MR) is 86.3 cm³/mol. The first-order valence-corrected chi connectivity index (χ1v) is 8.36. The number of anilines is 1. The second-order valence-electron chi connectivity index (χ2n) is 4.66. The molecule has 1 atom stereocenters. The van der Waals surface area contributed by atoms with Crippen molar-refractivity contribution in [1.82, 2.24) is 10.6 Å². The average Bonchev–Trinajstić information content (AvgIpc) is 2.95. The maximum absolute atomic E-state index is 12.0. The molecule has 1 aromatic heterocycles. The fraction of sp³-hybridized carbons (Fsp3) is 0.462. The van der Waals surface area contributed by atoms with Gasteiger partial charge in [0.1, 0.15) is 11.0 Å². The Bertz CT molecular complexity index is 617. The summed E-state index contributed by atoms with van der Waals surface area (Å²) in [5.74, 6) is -0.694. The van der Waals surface area contributed by atoms with Crippen molar-refractivity contribution in [3.63, 3.8) is 0 Å². The number of hydrogen-bond donors (Lipinski definition) is 3. The van der Waals surface area contributed by atoms with Gasteiger partial charge in [-0.25, -0.2) is 9.59 Å². The molecular weight excluding hydrogens is 374 g/mol. The van der Waals surface area contributed by atoms with Crippen molar-refractivity contribution in [3.8, 4) is 0 Å². The van der Waals surface area contributed by atoms with Crippen LogP contribution in [0.1, 0.15) is 29.3 Å². The van der Waals surface area contributed by atoms with Gasteiger partial charge in [0, 0.05) is 6.54 Å². The van der Waals surface area contributed by atoms with Crippen molar-refractivity contribution in [1.29, 1.82) is 0 Å². The van der Waals surface area contributed by atoms with Gasteiger partial charge in [-0.2, -0.15) is 0 Å². The molecule has 0 aromatic carbocycles. The minimum atomic E-state index is -0.546. The summed E-state index contributed by atoms with van der Waals surface area (Å²) in [5.41, 5.74) is 1.03. The van der Waals surface area contributed by atoms with E-state index in [0.29, 0.717) is 29.1 Å². The van der Waals surface area contributed by atoms with E-state index in [1.165, 1.54) is 11.3 Å². The Hall–Kier alpha value is -1.61. The molecule has 2 rings (SSSR count). The molecule has 9 heteroatoms. The van der Waals surface area contributed by atoms with Crippen LogP contribution in [0.5, 0.6) is 0 Å². The highest BCUT2D eigenvalue weighted by Gasteiger charge is 2.27. The number of esters is 1. The van der Waals surface area contributed by atoms with Gasteiger partial charge in [-0.05, 0) is 41.8 Å². The molecule has 1 saturated heterocycles. The minimum absolute atomic E-state index is 0.204. The number of thiophene rings is 1. The van der Waals surface area contributed by atoms with E-state index in [9.17, 15) is 14.4 Å². The van der Waals surface area contributed by atoms with Crippen LogP contribution in [-0.2, 0) is 9.53 Å². The average molecular weight is 390 g/mol. The van der Waals surface area contributed by atoms with E-state index in [-0.39, 0.29) is 12.5 Å². The SMILES string of the molecule is CCOC(=O)c1c(NC(=O)NC2CCNC2=O)sc(Br)c1C. The van der Waals surface area contributed by atoms with Crippen LogP contribution in [-0.4, -0.2) is 37.1 Å². The highest BCUT2D eigenvalue weighted by molar-refractivity contribution is 9.11. The van der Waals surface area contributed by atoms with Crippen LogP contribution in [0.15, 0.2) is 3.79 Å². The molecule has 1 fully saturated rings. The number of carbonyl (C=O) groups is 3.